The van der Waals surface area contributed by atoms with Crippen molar-refractivity contribution in [2.45, 2.75) is 44.8 Å². The zero-order chi connectivity index (χ0) is 21.5. The summed E-state index contributed by atoms with van der Waals surface area (Å²) >= 11 is 12.8. The molecule has 0 radical (unpaired) electrons. The summed E-state index contributed by atoms with van der Waals surface area (Å²) in [6, 6.07) is 10.4. The van der Waals surface area contributed by atoms with Crippen LogP contribution in [-0.2, 0) is 16.1 Å². The highest BCUT2D eigenvalue weighted by molar-refractivity contribution is 6.37. The van der Waals surface area contributed by atoms with Crippen molar-refractivity contribution in [3.8, 4) is 11.5 Å². The zero-order valence-corrected chi connectivity index (χ0v) is 18.2. The van der Waals surface area contributed by atoms with Gasteiger partial charge in [0, 0.05) is 12.1 Å². The Hall–Kier alpha value is -2.37. The average Bonchev–Trinajstić information content (AvgIpc) is 2.74. The topological polar surface area (TPSA) is 65.0 Å². The highest BCUT2D eigenvalue weighted by atomic mass is 35.5. The van der Waals surface area contributed by atoms with Gasteiger partial charge in [-0.1, -0.05) is 53.9 Å². The first-order valence-electron chi connectivity index (χ1n) is 9.82. The van der Waals surface area contributed by atoms with Crippen molar-refractivity contribution < 1.29 is 24.1 Å². The van der Waals surface area contributed by atoms with E-state index in [-0.39, 0.29) is 18.3 Å². The van der Waals surface area contributed by atoms with Crippen LogP contribution in [0.25, 0.3) is 5.57 Å². The number of hydrogen-bond donors (Lipinski definition) is 1. The number of carboxylic acids is 1. The van der Waals surface area contributed by atoms with E-state index in [1.165, 1.54) is 19.8 Å². The molecule has 5 nitrogen and oxygen atoms in total. The standard InChI is InChI=1S/C23H24Cl2O5/c1-28-14-19(23(26)27)18-10-6-5-7-15(18)13-29-17-11-20(24)22(21(25)12-17)30-16-8-3-2-4-9-16/h5-7,10-12,14,16H,2-4,8-9,13H2,1H3,(H,26,27)/b19-14+. The second-order valence-electron chi connectivity index (χ2n) is 7.11. The molecule has 3 rings (SSSR count). The molecule has 1 fully saturated rings. The van der Waals surface area contributed by atoms with Crippen molar-refractivity contribution in [3.05, 3.63) is 63.8 Å². The predicted octanol–water partition coefficient (Wildman–Crippen LogP) is 6.36. The van der Waals surface area contributed by atoms with Gasteiger partial charge in [-0.05, 0) is 36.8 Å². The van der Waals surface area contributed by atoms with Crippen molar-refractivity contribution >= 4 is 34.7 Å². The Kier molecular flexibility index (Phi) is 7.88. The van der Waals surface area contributed by atoms with Gasteiger partial charge in [-0.3, -0.25) is 0 Å². The first-order valence-corrected chi connectivity index (χ1v) is 10.6. The van der Waals surface area contributed by atoms with E-state index in [1.54, 1.807) is 30.3 Å². The molecule has 7 heteroatoms. The van der Waals surface area contributed by atoms with Crippen molar-refractivity contribution in [3.63, 3.8) is 0 Å². The summed E-state index contributed by atoms with van der Waals surface area (Å²) in [6.45, 7) is 0.139. The number of rotatable bonds is 8. The lowest BCUT2D eigenvalue weighted by Gasteiger charge is -2.24. The molecular formula is C23H24Cl2O5. The third-order valence-electron chi connectivity index (χ3n) is 4.98. The molecule has 2 aromatic carbocycles. The Morgan fingerprint density at radius 1 is 1.13 bits per heavy atom. The second kappa shape index (κ2) is 10.6. The van der Waals surface area contributed by atoms with Crippen LogP contribution in [0.5, 0.6) is 11.5 Å². The maximum absolute atomic E-state index is 11.6. The number of carboxylic acid groups (broad SMARTS) is 1. The summed E-state index contributed by atoms with van der Waals surface area (Å²) in [7, 11) is 1.41. The number of aliphatic carboxylic acids is 1. The lowest BCUT2D eigenvalue weighted by Crippen LogP contribution is -2.20. The predicted molar refractivity (Wildman–Crippen MR) is 117 cm³/mol. The van der Waals surface area contributed by atoms with Crippen molar-refractivity contribution in [2.24, 2.45) is 0 Å². The summed E-state index contributed by atoms with van der Waals surface area (Å²) in [5.74, 6) is -0.128. The number of methoxy groups -OCH3 is 1. The molecule has 30 heavy (non-hydrogen) atoms. The molecule has 0 atom stereocenters. The highest BCUT2D eigenvalue weighted by Crippen LogP contribution is 2.39. The largest absolute Gasteiger partial charge is 0.503 e. The smallest absolute Gasteiger partial charge is 0.339 e. The van der Waals surface area contributed by atoms with Gasteiger partial charge >= 0.3 is 5.97 Å². The Labute approximate surface area is 186 Å². The normalized spacial score (nSPS) is 15.0. The summed E-state index contributed by atoms with van der Waals surface area (Å²) in [4.78, 5) is 11.6. The molecule has 0 unspecified atom stereocenters. The molecule has 0 spiro atoms. The Bertz CT molecular complexity index is 897. The highest BCUT2D eigenvalue weighted by Gasteiger charge is 2.20. The van der Waals surface area contributed by atoms with E-state index in [0.717, 1.165) is 25.7 Å². The van der Waals surface area contributed by atoms with Gasteiger partial charge in [0.05, 0.1) is 29.5 Å². The van der Waals surface area contributed by atoms with Crippen LogP contribution in [0.3, 0.4) is 0 Å². The number of benzene rings is 2. The Morgan fingerprint density at radius 3 is 2.43 bits per heavy atom. The molecule has 0 aromatic heterocycles. The van der Waals surface area contributed by atoms with Crippen LogP contribution < -0.4 is 9.47 Å². The third-order valence-corrected chi connectivity index (χ3v) is 5.54. The number of carbonyl (C=O) groups is 1. The van der Waals surface area contributed by atoms with Gasteiger partial charge in [0.2, 0.25) is 0 Å². The van der Waals surface area contributed by atoms with Gasteiger partial charge in [0.15, 0.2) is 5.75 Å². The van der Waals surface area contributed by atoms with Crippen LogP contribution >= 0.6 is 23.2 Å². The molecule has 0 saturated heterocycles. The van der Waals surface area contributed by atoms with Crippen molar-refractivity contribution in [1.82, 2.24) is 0 Å². The molecule has 1 aliphatic rings. The van der Waals surface area contributed by atoms with E-state index >= 15 is 0 Å². The fourth-order valence-corrected chi connectivity index (χ4v) is 4.06. The molecule has 0 bridgehead atoms. The molecule has 0 heterocycles. The van der Waals surface area contributed by atoms with E-state index in [9.17, 15) is 9.90 Å². The summed E-state index contributed by atoms with van der Waals surface area (Å²) in [5, 5.41) is 10.2. The van der Waals surface area contributed by atoms with Gasteiger partial charge < -0.3 is 19.3 Å². The maximum Gasteiger partial charge on any atom is 0.339 e. The minimum atomic E-state index is -1.08. The minimum Gasteiger partial charge on any atom is -0.503 e. The Morgan fingerprint density at radius 2 is 1.80 bits per heavy atom. The number of ether oxygens (including phenoxy) is 3. The van der Waals surface area contributed by atoms with Gasteiger partial charge in [-0.15, -0.1) is 0 Å². The maximum atomic E-state index is 11.6. The van der Waals surface area contributed by atoms with Gasteiger partial charge in [0.25, 0.3) is 0 Å². The van der Waals surface area contributed by atoms with Gasteiger partial charge in [0.1, 0.15) is 17.9 Å². The minimum absolute atomic E-state index is 0.0454. The summed E-state index contributed by atoms with van der Waals surface area (Å²) in [5.41, 5.74) is 1.25. The van der Waals surface area contributed by atoms with E-state index in [0.29, 0.717) is 32.7 Å². The van der Waals surface area contributed by atoms with Crippen LogP contribution in [0.2, 0.25) is 10.0 Å². The lowest BCUT2D eigenvalue weighted by atomic mass is 9.98. The average molecular weight is 451 g/mol. The molecular weight excluding hydrogens is 427 g/mol. The Balaban J connectivity index is 1.75. The van der Waals surface area contributed by atoms with E-state index < -0.39 is 5.97 Å². The van der Waals surface area contributed by atoms with Crippen molar-refractivity contribution in [2.75, 3.05) is 7.11 Å². The fraction of sp³-hybridized carbons (Fsp3) is 0.348. The summed E-state index contributed by atoms with van der Waals surface area (Å²) < 4.78 is 16.8. The third kappa shape index (κ3) is 5.61. The van der Waals surface area contributed by atoms with Crippen LogP contribution in [0.4, 0.5) is 0 Å². The first kappa shape index (κ1) is 22.3. The molecule has 2 aromatic rings. The molecule has 1 N–H and O–H groups in total. The molecule has 1 saturated carbocycles. The monoisotopic (exact) mass is 450 g/mol. The molecule has 1 aliphatic carbocycles. The van der Waals surface area contributed by atoms with Gasteiger partial charge in [-0.2, -0.15) is 0 Å². The van der Waals surface area contributed by atoms with Crippen molar-refractivity contribution in [1.29, 1.82) is 0 Å². The number of halogens is 2. The van der Waals surface area contributed by atoms with Crippen LogP contribution in [0.1, 0.15) is 43.2 Å². The van der Waals surface area contributed by atoms with Crippen LogP contribution in [0.15, 0.2) is 42.7 Å². The summed E-state index contributed by atoms with van der Waals surface area (Å²) in [6.07, 6.45) is 6.87. The van der Waals surface area contributed by atoms with Gasteiger partial charge in [-0.25, -0.2) is 4.79 Å². The first-order chi connectivity index (χ1) is 14.5. The second-order valence-corrected chi connectivity index (χ2v) is 7.93. The fourth-order valence-electron chi connectivity index (χ4n) is 3.50. The van der Waals surface area contributed by atoms with E-state index in [4.69, 9.17) is 37.4 Å². The lowest BCUT2D eigenvalue weighted by molar-refractivity contribution is -0.130. The van der Waals surface area contributed by atoms with E-state index in [1.807, 2.05) is 6.07 Å². The zero-order valence-electron chi connectivity index (χ0n) is 16.7. The number of hydrogen-bond acceptors (Lipinski definition) is 4. The molecule has 160 valence electrons. The molecule has 0 aliphatic heterocycles. The van der Waals surface area contributed by atoms with Crippen LogP contribution in [0, 0.1) is 0 Å². The SMILES string of the molecule is CO/C=C(/C(=O)O)c1ccccc1COc1cc(Cl)c(OC2CCCCC2)c(Cl)c1. The van der Waals surface area contributed by atoms with E-state index in [2.05, 4.69) is 0 Å². The quantitative estimate of drug-likeness (QED) is 0.374. The van der Waals surface area contributed by atoms with Crippen LogP contribution in [-0.4, -0.2) is 24.3 Å². The molecule has 0 amide bonds.